The van der Waals surface area contributed by atoms with Gasteiger partial charge in [0.1, 0.15) is 11.6 Å². The first kappa shape index (κ1) is 17.8. The lowest BCUT2D eigenvalue weighted by Crippen LogP contribution is -2.38. The molecule has 2 rings (SSSR count). The molecule has 0 aliphatic heterocycles. The highest BCUT2D eigenvalue weighted by Gasteiger charge is 1.98. The van der Waals surface area contributed by atoms with E-state index in [1.54, 1.807) is 12.1 Å². The molecule has 0 bridgehead atoms. The number of benzene rings is 1. The Morgan fingerprint density at radius 1 is 1.17 bits per heavy atom. The highest BCUT2D eigenvalue weighted by Crippen LogP contribution is 2.10. The van der Waals surface area contributed by atoms with Gasteiger partial charge in [-0.1, -0.05) is 0 Å². The van der Waals surface area contributed by atoms with Crippen molar-refractivity contribution in [1.29, 1.82) is 0 Å². The Kier molecular flexibility index (Phi) is 7.67. The van der Waals surface area contributed by atoms with E-state index in [1.165, 1.54) is 12.1 Å². The lowest BCUT2D eigenvalue weighted by atomic mass is 10.3. The van der Waals surface area contributed by atoms with Crippen LogP contribution in [0.1, 0.15) is 13.3 Å². The van der Waals surface area contributed by atoms with Crippen LogP contribution in [0.15, 0.2) is 53.8 Å². The summed E-state index contributed by atoms with van der Waals surface area (Å²) in [6, 6.07) is 10.1. The summed E-state index contributed by atoms with van der Waals surface area (Å²) in [5, 5.41) is 6.53. The maximum Gasteiger partial charge on any atom is 0.191 e. The summed E-state index contributed by atoms with van der Waals surface area (Å²) >= 11 is 0. The number of nitrogens with one attached hydrogen (secondary N) is 2. The summed E-state index contributed by atoms with van der Waals surface area (Å²) in [4.78, 5) is 4.52. The quantitative estimate of drug-likeness (QED) is 0.422. The predicted octanol–water partition coefficient (Wildman–Crippen LogP) is 2.65. The Morgan fingerprint density at radius 2 is 1.92 bits per heavy atom. The molecule has 1 aromatic heterocycles. The van der Waals surface area contributed by atoms with Crippen LogP contribution in [-0.4, -0.2) is 36.8 Å². The van der Waals surface area contributed by atoms with Crippen LogP contribution in [0.2, 0.25) is 0 Å². The van der Waals surface area contributed by atoms with Crippen LogP contribution in [0, 0.1) is 5.82 Å². The normalized spacial score (nSPS) is 11.3. The molecule has 0 spiro atoms. The van der Waals surface area contributed by atoms with Crippen LogP contribution >= 0.6 is 0 Å². The highest BCUT2D eigenvalue weighted by atomic mass is 19.1. The minimum atomic E-state index is -0.256. The first-order chi connectivity index (χ1) is 11.8. The lowest BCUT2D eigenvalue weighted by molar-refractivity contribution is 0.313. The van der Waals surface area contributed by atoms with E-state index in [4.69, 9.17) is 4.74 Å². The van der Waals surface area contributed by atoms with E-state index in [0.29, 0.717) is 18.9 Å². The smallest absolute Gasteiger partial charge is 0.191 e. The summed E-state index contributed by atoms with van der Waals surface area (Å²) in [5.74, 6) is 1.23. The Bertz CT molecular complexity index is 596. The monoisotopic (exact) mass is 332 g/mol. The van der Waals surface area contributed by atoms with Crippen molar-refractivity contribution in [2.45, 2.75) is 19.9 Å². The molecule has 1 heterocycles. The maximum absolute atomic E-state index is 12.8. The van der Waals surface area contributed by atoms with Gasteiger partial charge in [-0.2, -0.15) is 0 Å². The molecule has 0 atom stereocenters. The molecule has 0 aliphatic carbocycles. The van der Waals surface area contributed by atoms with Gasteiger partial charge in [0.25, 0.3) is 0 Å². The molecule has 24 heavy (non-hydrogen) atoms. The van der Waals surface area contributed by atoms with E-state index in [1.807, 2.05) is 31.5 Å². The fourth-order valence-electron chi connectivity index (χ4n) is 2.14. The highest BCUT2D eigenvalue weighted by molar-refractivity contribution is 5.79. The second-order valence-corrected chi connectivity index (χ2v) is 5.26. The van der Waals surface area contributed by atoms with Crippen LogP contribution in [0.3, 0.4) is 0 Å². The average Bonchev–Trinajstić information content (AvgIpc) is 3.09. The van der Waals surface area contributed by atoms with Crippen LogP contribution in [0.25, 0.3) is 0 Å². The standard InChI is InChI=1S/C18H25FN4O/c1-2-20-18(22-11-14-23-12-3-4-13-23)21-10-5-15-24-17-8-6-16(19)7-9-17/h3-4,6-9,12-13H,2,5,10-11,14-15H2,1H3,(H2,20,21,22). The third-order valence-electron chi connectivity index (χ3n) is 3.33. The number of rotatable bonds is 9. The molecule has 6 heteroatoms. The molecule has 0 saturated carbocycles. The van der Waals surface area contributed by atoms with E-state index in [2.05, 4.69) is 20.2 Å². The average molecular weight is 332 g/mol. The van der Waals surface area contributed by atoms with Gasteiger partial charge in [0.05, 0.1) is 6.61 Å². The fourth-order valence-corrected chi connectivity index (χ4v) is 2.14. The van der Waals surface area contributed by atoms with Gasteiger partial charge < -0.3 is 19.9 Å². The molecule has 130 valence electrons. The van der Waals surface area contributed by atoms with Crippen molar-refractivity contribution in [3.63, 3.8) is 0 Å². The van der Waals surface area contributed by atoms with Crippen LogP contribution in [0.4, 0.5) is 4.39 Å². The van der Waals surface area contributed by atoms with Crippen molar-refractivity contribution in [1.82, 2.24) is 15.2 Å². The molecular formula is C18H25FN4O. The molecule has 2 N–H and O–H groups in total. The Morgan fingerprint density at radius 3 is 2.62 bits per heavy atom. The summed E-state index contributed by atoms with van der Waals surface area (Å²) in [7, 11) is 0. The molecule has 0 radical (unpaired) electrons. The van der Waals surface area contributed by atoms with E-state index < -0.39 is 0 Å². The lowest BCUT2D eigenvalue weighted by Gasteiger charge is -2.12. The number of nitrogens with zero attached hydrogens (tertiary/aromatic N) is 2. The Labute approximate surface area is 142 Å². The summed E-state index contributed by atoms with van der Waals surface area (Å²) in [5.41, 5.74) is 0. The van der Waals surface area contributed by atoms with Gasteiger partial charge in [0.2, 0.25) is 0 Å². The van der Waals surface area contributed by atoms with Crippen molar-refractivity contribution >= 4 is 5.96 Å². The van der Waals surface area contributed by atoms with Crippen molar-refractivity contribution in [2.24, 2.45) is 4.99 Å². The van der Waals surface area contributed by atoms with Gasteiger partial charge in [-0.05, 0) is 43.3 Å². The fraction of sp³-hybridized carbons (Fsp3) is 0.389. The number of aromatic nitrogens is 1. The van der Waals surface area contributed by atoms with E-state index in [-0.39, 0.29) is 5.82 Å². The first-order valence-electron chi connectivity index (χ1n) is 8.29. The van der Waals surface area contributed by atoms with Gasteiger partial charge in [-0.25, -0.2) is 4.39 Å². The Balaban J connectivity index is 1.65. The second kappa shape index (κ2) is 10.3. The van der Waals surface area contributed by atoms with Gasteiger partial charge in [-0.15, -0.1) is 0 Å². The Hall–Kier alpha value is -2.50. The van der Waals surface area contributed by atoms with E-state index in [9.17, 15) is 4.39 Å². The topological polar surface area (TPSA) is 50.6 Å². The van der Waals surface area contributed by atoms with Crippen molar-refractivity contribution in [2.75, 3.05) is 26.2 Å². The number of ether oxygens (including phenoxy) is 1. The zero-order chi connectivity index (χ0) is 17.0. The zero-order valence-electron chi connectivity index (χ0n) is 14.0. The maximum atomic E-state index is 12.8. The van der Waals surface area contributed by atoms with Crippen LogP contribution < -0.4 is 15.4 Å². The molecule has 2 aromatic rings. The van der Waals surface area contributed by atoms with Crippen molar-refractivity contribution in [3.8, 4) is 5.75 Å². The number of hydrogen-bond acceptors (Lipinski definition) is 2. The van der Waals surface area contributed by atoms with E-state index in [0.717, 1.165) is 32.0 Å². The molecule has 1 aromatic carbocycles. The molecule has 0 fully saturated rings. The zero-order valence-corrected chi connectivity index (χ0v) is 14.0. The van der Waals surface area contributed by atoms with Crippen LogP contribution in [-0.2, 0) is 6.54 Å². The summed E-state index contributed by atoms with van der Waals surface area (Å²) in [6.45, 7) is 5.79. The minimum Gasteiger partial charge on any atom is -0.494 e. The molecule has 0 unspecified atom stereocenters. The second-order valence-electron chi connectivity index (χ2n) is 5.26. The van der Waals surface area contributed by atoms with E-state index >= 15 is 0 Å². The first-order valence-corrected chi connectivity index (χ1v) is 8.29. The molecule has 0 saturated heterocycles. The van der Waals surface area contributed by atoms with Crippen molar-refractivity contribution < 1.29 is 9.13 Å². The molecule has 5 nitrogen and oxygen atoms in total. The van der Waals surface area contributed by atoms with Crippen molar-refractivity contribution in [3.05, 3.63) is 54.6 Å². The number of halogens is 1. The number of guanidine groups is 1. The van der Waals surface area contributed by atoms with Crippen LogP contribution in [0.5, 0.6) is 5.75 Å². The molecule has 0 amide bonds. The minimum absolute atomic E-state index is 0.256. The largest absolute Gasteiger partial charge is 0.494 e. The predicted molar refractivity (Wildman–Crippen MR) is 94.9 cm³/mol. The third kappa shape index (κ3) is 6.73. The summed E-state index contributed by atoms with van der Waals surface area (Å²) < 4.78 is 20.5. The number of aliphatic imine (C=N–C) groups is 1. The SMILES string of the molecule is CCNC(=NCCCOc1ccc(F)cc1)NCCn1cccc1. The van der Waals surface area contributed by atoms with Gasteiger partial charge in [0, 0.05) is 45.0 Å². The van der Waals surface area contributed by atoms with Gasteiger partial charge in [0.15, 0.2) is 5.96 Å². The third-order valence-corrected chi connectivity index (χ3v) is 3.33. The molecular weight excluding hydrogens is 307 g/mol. The molecule has 0 aliphatic rings. The summed E-state index contributed by atoms with van der Waals surface area (Å²) in [6.07, 6.45) is 4.88. The van der Waals surface area contributed by atoms with Gasteiger partial charge >= 0.3 is 0 Å². The number of hydrogen-bond donors (Lipinski definition) is 2. The van der Waals surface area contributed by atoms with Gasteiger partial charge in [-0.3, -0.25) is 4.99 Å².